The van der Waals surface area contributed by atoms with Gasteiger partial charge in [-0.3, -0.25) is 0 Å². The lowest BCUT2D eigenvalue weighted by molar-refractivity contribution is -0.0878. The van der Waals surface area contributed by atoms with Crippen molar-refractivity contribution in [2.24, 2.45) is 5.73 Å². The Balaban J connectivity index is 4.48. The molecule has 13 heavy (non-hydrogen) atoms. The quantitative estimate of drug-likeness (QED) is 0.532. The summed E-state index contributed by atoms with van der Waals surface area (Å²) in [5.41, 5.74) is 3.60. The zero-order valence-electron chi connectivity index (χ0n) is 6.95. The highest BCUT2D eigenvalue weighted by Crippen LogP contribution is 2.24. The minimum Gasteiger partial charge on any atom is -0.397 e. The highest BCUT2D eigenvalue weighted by molar-refractivity contribution is 5.27. The van der Waals surface area contributed by atoms with Gasteiger partial charge in [0.1, 0.15) is 5.83 Å². The maximum atomic E-state index is 12.2. The van der Waals surface area contributed by atoms with Crippen LogP contribution >= 0.6 is 0 Å². The van der Waals surface area contributed by atoms with E-state index >= 15 is 0 Å². The third-order valence-electron chi connectivity index (χ3n) is 1.23. The lowest BCUT2D eigenvalue weighted by Gasteiger charge is -2.04. The van der Waals surface area contributed by atoms with Crippen LogP contribution < -0.4 is 5.73 Å². The van der Waals surface area contributed by atoms with Crippen LogP contribution in [0.5, 0.6) is 0 Å². The van der Waals surface area contributed by atoms with Crippen molar-refractivity contribution >= 4 is 0 Å². The van der Waals surface area contributed by atoms with Gasteiger partial charge in [0, 0.05) is 5.57 Å². The molecule has 0 heterocycles. The largest absolute Gasteiger partial charge is 0.415 e. The molecule has 0 aromatic heterocycles. The summed E-state index contributed by atoms with van der Waals surface area (Å²) in [6.07, 6.45) is -3.05. The summed E-state index contributed by atoms with van der Waals surface area (Å²) in [5, 5.41) is 0. The molecule has 0 rings (SSSR count). The van der Waals surface area contributed by atoms with Crippen molar-refractivity contribution in [2.75, 3.05) is 0 Å². The second kappa shape index (κ2) is 4.11. The number of hydrogen-bond donors (Lipinski definition) is 1. The molecule has 0 fully saturated rings. The molecule has 1 nitrogen and oxygen atoms in total. The zero-order valence-corrected chi connectivity index (χ0v) is 6.95. The van der Waals surface area contributed by atoms with E-state index in [0.717, 1.165) is 13.0 Å². The van der Waals surface area contributed by atoms with Gasteiger partial charge in [-0.25, -0.2) is 4.39 Å². The number of nitrogens with two attached hydrogens (primary N) is 1. The maximum Gasteiger partial charge on any atom is 0.415 e. The predicted octanol–water partition coefficient (Wildman–Crippen LogP) is 2.82. The normalized spacial score (nSPS) is 14.5. The Morgan fingerprint density at radius 1 is 1.31 bits per heavy atom. The van der Waals surface area contributed by atoms with E-state index < -0.39 is 17.6 Å². The van der Waals surface area contributed by atoms with E-state index in [0.29, 0.717) is 6.08 Å². The summed E-state index contributed by atoms with van der Waals surface area (Å²) in [6.45, 7) is 3.80. The maximum absolute atomic E-state index is 12.2. The molecule has 0 bridgehead atoms. The van der Waals surface area contributed by atoms with E-state index in [4.69, 9.17) is 5.73 Å². The van der Waals surface area contributed by atoms with Crippen LogP contribution in [0.1, 0.15) is 6.92 Å². The summed E-state index contributed by atoms with van der Waals surface area (Å²) in [4.78, 5) is 0. The topological polar surface area (TPSA) is 26.0 Å². The molecule has 0 aromatic rings. The monoisotopic (exact) mass is 195 g/mol. The highest BCUT2D eigenvalue weighted by Gasteiger charge is 2.29. The van der Waals surface area contributed by atoms with Crippen molar-refractivity contribution in [1.82, 2.24) is 0 Å². The SMILES string of the molecule is C=C(/C=C\C(N)=C(/C)F)C(F)(F)F. The van der Waals surface area contributed by atoms with Crippen LogP contribution in [-0.2, 0) is 0 Å². The van der Waals surface area contributed by atoms with Gasteiger partial charge >= 0.3 is 6.18 Å². The van der Waals surface area contributed by atoms with Gasteiger partial charge in [0.2, 0.25) is 0 Å². The van der Waals surface area contributed by atoms with Crippen LogP contribution in [0.3, 0.4) is 0 Å². The smallest absolute Gasteiger partial charge is 0.397 e. The fraction of sp³-hybridized carbons (Fsp3) is 0.250. The molecular weight excluding hydrogens is 186 g/mol. The lowest BCUT2D eigenvalue weighted by atomic mass is 10.2. The molecule has 0 aromatic carbocycles. The van der Waals surface area contributed by atoms with E-state index in [1.807, 2.05) is 0 Å². The van der Waals surface area contributed by atoms with E-state index in [1.54, 1.807) is 0 Å². The molecule has 5 heteroatoms. The van der Waals surface area contributed by atoms with Crippen LogP contribution in [0.4, 0.5) is 17.6 Å². The van der Waals surface area contributed by atoms with Crippen LogP contribution in [0.25, 0.3) is 0 Å². The van der Waals surface area contributed by atoms with Crippen molar-refractivity contribution in [3.63, 3.8) is 0 Å². The first-order valence-electron chi connectivity index (χ1n) is 3.31. The number of halogens is 4. The van der Waals surface area contributed by atoms with E-state index in [-0.39, 0.29) is 5.70 Å². The minimum absolute atomic E-state index is 0.342. The Hall–Kier alpha value is -1.26. The first-order valence-corrected chi connectivity index (χ1v) is 3.31. The summed E-state index contributed by atoms with van der Waals surface area (Å²) in [7, 11) is 0. The molecule has 0 saturated heterocycles. The molecule has 0 spiro atoms. The molecule has 0 aliphatic heterocycles. The first kappa shape index (κ1) is 11.7. The van der Waals surface area contributed by atoms with E-state index in [1.165, 1.54) is 0 Å². The second-order valence-electron chi connectivity index (χ2n) is 2.35. The predicted molar refractivity (Wildman–Crippen MR) is 42.3 cm³/mol. The summed E-state index contributed by atoms with van der Waals surface area (Å²) >= 11 is 0. The number of alkyl halides is 3. The fourth-order valence-corrected chi connectivity index (χ4v) is 0.400. The van der Waals surface area contributed by atoms with Crippen molar-refractivity contribution in [3.8, 4) is 0 Å². The average molecular weight is 195 g/mol. The van der Waals surface area contributed by atoms with Gasteiger partial charge < -0.3 is 5.73 Å². The standard InChI is InChI=1S/C8H9F4N/c1-5(8(10,11)12)3-4-7(13)6(2)9/h3-4H,1,13H2,2H3/b4-3-,7-6-. The Labute approximate surface area is 73.2 Å². The van der Waals surface area contributed by atoms with Crippen molar-refractivity contribution in [2.45, 2.75) is 13.1 Å². The van der Waals surface area contributed by atoms with E-state index in [9.17, 15) is 17.6 Å². The number of rotatable bonds is 2. The number of allylic oxidation sites excluding steroid dienone is 4. The zero-order chi connectivity index (χ0) is 10.6. The summed E-state index contributed by atoms with van der Waals surface area (Å²) < 4.78 is 47.6. The minimum atomic E-state index is -4.50. The molecule has 0 unspecified atom stereocenters. The lowest BCUT2D eigenvalue weighted by Crippen LogP contribution is -2.08. The molecule has 0 atom stereocenters. The molecule has 2 N–H and O–H groups in total. The molecule has 0 aliphatic rings. The molecular formula is C8H9F4N. The van der Waals surface area contributed by atoms with Gasteiger partial charge in [0.05, 0.1) is 5.70 Å². The molecule has 0 radical (unpaired) electrons. The van der Waals surface area contributed by atoms with Gasteiger partial charge in [0.15, 0.2) is 0 Å². The second-order valence-corrected chi connectivity index (χ2v) is 2.35. The van der Waals surface area contributed by atoms with Crippen LogP contribution in [0.15, 0.2) is 35.8 Å². The average Bonchev–Trinajstić information content (AvgIpc) is 1.97. The molecule has 74 valence electrons. The fourth-order valence-electron chi connectivity index (χ4n) is 0.400. The first-order chi connectivity index (χ1) is 5.75. The number of hydrogen-bond acceptors (Lipinski definition) is 1. The highest BCUT2D eigenvalue weighted by atomic mass is 19.4. The van der Waals surface area contributed by atoms with Crippen molar-refractivity contribution < 1.29 is 17.6 Å². The Morgan fingerprint density at radius 2 is 1.77 bits per heavy atom. The van der Waals surface area contributed by atoms with Gasteiger partial charge in [-0.05, 0) is 19.1 Å². The van der Waals surface area contributed by atoms with Crippen LogP contribution in [0.2, 0.25) is 0 Å². The van der Waals surface area contributed by atoms with Crippen LogP contribution in [-0.4, -0.2) is 6.18 Å². The van der Waals surface area contributed by atoms with Gasteiger partial charge in [-0.15, -0.1) is 0 Å². The Morgan fingerprint density at radius 3 is 2.08 bits per heavy atom. The third-order valence-corrected chi connectivity index (χ3v) is 1.23. The molecule has 0 saturated carbocycles. The summed E-state index contributed by atoms with van der Waals surface area (Å²) in [5.74, 6) is -0.730. The van der Waals surface area contributed by atoms with Gasteiger partial charge in [-0.1, -0.05) is 6.58 Å². The Bertz CT molecular complexity index is 256. The van der Waals surface area contributed by atoms with E-state index in [2.05, 4.69) is 6.58 Å². The van der Waals surface area contributed by atoms with Crippen LogP contribution in [0, 0.1) is 0 Å². The molecule has 0 aliphatic carbocycles. The van der Waals surface area contributed by atoms with Gasteiger partial charge in [0.25, 0.3) is 0 Å². The van der Waals surface area contributed by atoms with Crippen molar-refractivity contribution in [3.05, 3.63) is 35.8 Å². The third kappa shape index (κ3) is 4.35. The van der Waals surface area contributed by atoms with Gasteiger partial charge in [-0.2, -0.15) is 13.2 Å². The van der Waals surface area contributed by atoms with Crippen molar-refractivity contribution in [1.29, 1.82) is 0 Å². The Kier molecular flexibility index (Phi) is 3.71. The summed E-state index contributed by atoms with van der Waals surface area (Å²) in [6, 6.07) is 0. The molecule has 0 amide bonds.